The Morgan fingerprint density at radius 1 is 1.00 bits per heavy atom. The third-order valence-electron chi connectivity index (χ3n) is 5.74. The summed E-state index contributed by atoms with van der Waals surface area (Å²) in [6.07, 6.45) is 4.22. The van der Waals surface area contributed by atoms with Gasteiger partial charge in [-0.25, -0.2) is 0 Å². The number of nitrogens with one attached hydrogen (secondary N) is 1. The van der Waals surface area contributed by atoms with Crippen molar-refractivity contribution < 1.29 is 19.3 Å². The van der Waals surface area contributed by atoms with Gasteiger partial charge in [-0.05, 0) is 42.7 Å². The molecule has 1 fully saturated rings. The fourth-order valence-electron chi connectivity index (χ4n) is 4.24. The summed E-state index contributed by atoms with van der Waals surface area (Å²) in [6, 6.07) is 16.0. The molecule has 0 bridgehead atoms. The molecule has 1 unspecified atom stereocenters. The van der Waals surface area contributed by atoms with Crippen molar-refractivity contribution in [3.8, 4) is 17.2 Å². The summed E-state index contributed by atoms with van der Waals surface area (Å²) in [5.41, 5.74) is 1.40. The molecule has 1 atom stereocenters. The number of aliphatic hydroxyl groups excluding tert-OH is 1. The molecule has 2 aromatic rings. The monoisotopic (exact) mass is 383 g/mol. The van der Waals surface area contributed by atoms with Gasteiger partial charge in [0, 0.05) is 18.5 Å². The van der Waals surface area contributed by atoms with E-state index in [1.165, 1.54) is 18.4 Å². The van der Waals surface area contributed by atoms with E-state index < -0.39 is 6.10 Å². The highest BCUT2D eigenvalue weighted by atomic mass is 16.6. The molecular weight excluding hydrogens is 354 g/mol. The second-order valence-electron chi connectivity index (χ2n) is 7.75. The van der Waals surface area contributed by atoms with Crippen LogP contribution in [0.5, 0.6) is 17.2 Å². The number of para-hydroxylation sites is 1. The van der Waals surface area contributed by atoms with Crippen LogP contribution in [-0.4, -0.2) is 44.1 Å². The van der Waals surface area contributed by atoms with E-state index >= 15 is 0 Å². The number of fused-ring (bicyclic) bond motifs is 1. The minimum Gasteiger partial charge on any atom is -0.491 e. The Kier molecular flexibility index (Phi) is 6.03. The Hall–Kier alpha value is -2.24. The van der Waals surface area contributed by atoms with Crippen molar-refractivity contribution in [2.24, 2.45) is 0 Å². The highest BCUT2D eigenvalue weighted by Gasteiger charge is 2.36. The first kappa shape index (κ1) is 19.1. The van der Waals surface area contributed by atoms with Gasteiger partial charge in [0.2, 0.25) is 0 Å². The molecule has 5 nitrogen and oxygen atoms in total. The van der Waals surface area contributed by atoms with Crippen molar-refractivity contribution in [3.63, 3.8) is 0 Å². The summed E-state index contributed by atoms with van der Waals surface area (Å²) in [7, 11) is 0. The van der Waals surface area contributed by atoms with E-state index in [1.54, 1.807) is 0 Å². The summed E-state index contributed by atoms with van der Waals surface area (Å²) in [6.45, 7) is 2.86. The Balaban J connectivity index is 1.33. The largest absolute Gasteiger partial charge is 0.491 e. The highest BCUT2D eigenvalue weighted by Crippen LogP contribution is 2.43. The van der Waals surface area contributed by atoms with Crippen LogP contribution in [0.2, 0.25) is 0 Å². The average molecular weight is 383 g/mol. The molecule has 28 heavy (non-hydrogen) atoms. The number of rotatable bonds is 8. The zero-order valence-electron chi connectivity index (χ0n) is 16.2. The van der Waals surface area contributed by atoms with E-state index in [0.29, 0.717) is 19.8 Å². The number of hydrogen-bond donors (Lipinski definition) is 2. The number of ether oxygens (including phenoxy) is 3. The first-order chi connectivity index (χ1) is 13.8. The zero-order chi connectivity index (χ0) is 19.2. The van der Waals surface area contributed by atoms with Crippen LogP contribution in [0.4, 0.5) is 0 Å². The van der Waals surface area contributed by atoms with Crippen LogP contribution >= 0.6 is 0 Å². The molecule has 1 aliphatic heterocycles. The molecule has 4 rings (SSSR count). The van der Waals surface area contributed by atoms with Gasteiger partial charge in [0.1, 0.15) is 31.7 Å². The molecule has 5 heteroatoms. The van der Waals surface area contributed by atoms with Crippen molar-refractivity contribution in [3.05, 3.63) is 54.1 Å². The smallest absolute Gasteiger partial charge is 0.161 e. The van der Waals surface area contributed by atoms with Crippen LogP contribution in [0.1, 0.15) is 31.2 Å². The molecule has 0 amide bonds. The van der Waals surface area contributed by atoms with Gasteiger partial charge in [-0.15, -0.1) is 0 Å². The SMILES string of the molecule is OC(CNCC1(c2ccc3c(c2)OCCO3)CCCC1)COc1ccccc1. The Morgan fingerprint density at radius 3 is 2.54 bits per heavy atom. The summed E-state index contributed by atoms with van der Waals surface area (Å²) >= 11 is 0. The highest BCUT2D eigenvalue weighted by molar-refractivity contribution is 5.46. The van der Waals surface area contributed by atoms with Crippen molar-refractivity contribution in [2.75, 3.05) is 32.9 Å². The standard InChI is InChI=1S/C23H29NO4/c25-19(16-28-20-6-2-1-3-7-20)15-24-17-23(10-4-5-11-23)18-8-9-21-22(14-18)27-13-12-26-21/h1-3,6-9,14,19,24-25H,4-5,10-13,15-17H2. The maximum absolute atomic E-state index is 10.3. The zero-order valence-corrected chi connectivity index (χ0v) is 16.2. The number of benzene rings is 2. The summed E-state index contributed by atoms with van der Waals surface area (Å²) in [5, 5.41) is 13.8. The second kappa shape index (κ2) is 8.84. The van der Waals surface area contributed by atoms with Gasteiger partial charge in [0.15, 0.2) is 11.5 Å². The van der Waals surface area contributed by atoms with E-state index in [9.17, 15) is 5.11 Å². The Labute approximate surface area is 166 Å². The molecule has 2 N–H and O–H groups in total. The minimum absolute atomic E-state index is 0.0931. The van der Waals surface area contributed by atoms with Crippen molar-refractivity contribution in [1.29, 1.82) is 0 Å². The minimum atomic E-state index is -0.543. The van der Waals surface area contributed by atoms with E-state index in [0.717, 1.165) is 36.6 Å². The van der Waals surface area contributed by atoms with Crippen LogP contribution in [-0.2, 0) is 5.41 Å². The topological polar surface area (TPSA) is 60.0 Å². The Bertz CT molecular complexity index is 758. The lowest BCUT2D eigenvalue weighted by Crippen LogP contribution is -2.40. The van der Waals surface area contributed by atoms with Crippen molar-refractivity contribution in [2.45, 2.75) is 37.2 Å². The fourth-order valence-corrected chi connectivity index (χ4v) is 4.24. The van der Waals surface area contributed by atoms with Gasteiger partial charge < -0.3 is 24.6 Å². The molecule has 0 saturated heterocycles. The molecule has 150 valence electrons. The van der Waals surface area contributed by atoms with Gasteiger partial charge >= 0.3 is 0 Å². The molecule has 1 aliphatic carbocycles. The summed E-state index contributed by atoms with van der Waals surface area (Å²) in [4.78, 5) is 0. The van der Waals surface area contributed by atoms with Gasteiger partial charge in [-0.3, -0.25) is 0 Å². The van der Waals surface area contributed by atoms with Gasteiger partial charge in [0.25, 0.3) is 0 Å². The third kappa shape index (κ3) is 4.42. The molecule has 1 heterocycles. The van der Waals surface area contributed by atoms with E-state index in [4.69, 9.17) is 14.2 Å². The van der Waals surface area contributed by atoms with E-state index in [1.807, 2.05) is 36.4 Å². The van der Waals surface area contributed by atoms with Gasteiger partial charge in [-0.2, -0.15) is 0 Å². The van der Waals surface area contributed by atoms with Crippen LogP contribution in [0, 0.1) is 0 Å². The lowest BCUT2D eigenvalue weighted by atomic mass is 9.78. The third-order valence-corrected chi connectivity index (χ3v) is 5.74. The lowest BCUT2D eigenvalue weighted by molar-refractivity contribution is 0.105. The van der Waals surface area contributed by atoms with Crippen LogP contribution in [0.3, 0.4) is 0 Å². The van der Waals surface area contributed by atoms with Crippen LogP contribution in [0.15, 0.2) is 48.5 Å². The number of hydrogen-bond acceptors (Lipinski definition) is 5. The molecule has 1 saturated carbocycles. The summed E-state index contributed by atoms with van der Waals surface area (Å²) < 4.78 is 17.1. The van der Waals surface area contributed by atoms with Crippen LogP contribution in [0.25, 0.3) is 0 Å². The molecule has 0 spiro atoms. The first-order valence-corrected chi connectivity index (χ1v) is 10.2. The average Bonchev–Trinajstić information content (AvgIpc) is 3.23. The van der Waals surface area contributed by atoms with E-state index in [-0.39, 0.29) is 12.0 Å². The fraction of sp³-hybridized carbons (Fsp3) is 0.478. The number of aliphatic hydroxyl groups is 1. The van der Waals surface area contributed by atoms with Crippen LogP contribution < -0.4 is 19.5 Å². The maximum Gasteiger partial charge on any atom is 0.161 e. The second-order valence-corrected chi connectivity index (χ2v) is 7.75. The molecule has 0 radical (unpaired) electrons. The van der Waals surface area contributed by atoms with Gasteiger partial charge in [0.05, 0.1) is 0 Å². The van der Waals surface area contributed by atoms with Crippen molar-refractivity contribution >= 4 is 0 Å². The first-order valence-electron chi connectivity index (χ1n) is 10.2. The maximum atomic E-state index is 10.3. The molecule has 0 aromatic heterocycles. The van der Waals surface area contributed by atoms with E-state index in [2.05, 4.69) is 17.4 Å². The quantitative estimate of drug-likeness (QED) is 0.732. The molecular formula is C23H29NO4. The van der Waals surface area contributed by atoms with Crippen molar-refractivity contribution in [1.82, 2.24) is 5.32 Å². The molecule has 2 aromatic carbocycles. The Morgan fingerprint density at radius 2 is 1.75 bits per heavy atom. The normalized spacial score (nSPS) is 18.6. The molecule has 2 aliphatic rings. The van der Waals surface area contributed by atoms with Gasteiger partial charge in [-0.1, -0.05) is 37.1 Å². The summed E-state index contributed by atoms with van der Waals surface area (Å²) in [5.74, 6) is 2.47. The lowest BCUT2D eigenvalue weighted by Gasteiger charge is -2.32. The predicted molar refractivity (Wildman–Crippen MR) is 108 cm³/mol. The predicted octanol–water partition coefficient (Wildman–Crippen LogP) is 3.30.